The van der Waals surface area contributed by atoms with Crippen LogP contribution in [-0.4, -0.2) is 17.6 Å². The van der Waals surface area contributed by atoms with Crippen molar-refractivity contribution in [2.75, 3.05) is 6.54 Å². The van der Waals surface area contributed by atoms with Crippen LogP contribution in [0, 0.1) is 22.7 Å². The molecule has 3 atom stereocenters. The Morgan fingerprint density at radius 1 is 1.41 bits per heavy atom. The summed E-state index contributed by atoms with van der Waals surface area (Å²) in [5.74, 6) is 0.421. The van der Waals surface area contributed by atoms with Gasteiger partial charge in [0, 0.05) is 0 Å². The summed E-state index contributed by atoms with van der Waals surface area (Å²) in [6.45, 7) is 0.515. The van der Waals surface area contributed by atoms with E-state index in [2.05, 4.69) is 12.2 Å². The normalized spacial score (nSPS) is 41.5. The molecule has 3 heteroatoms. The van der Waals surface area contributed by atoms with Crippen LogP contribution in [0.2, 0.25) is 0 Å². The molecule has 2 fully saturated rings. The van der Waals surface area contributed by atoms with Crippen LogP contribution < -0.4 is 5.73 Å². The van der Waals surface area contributed by atoms with Crippen LogP contribution in [0.5, 0.6) is 0 Å². The summed E-state index contributed by atoms with van der Waals surface area (Å²) in [5.41, 5.74) is 6.14. The average molecular weight is 235 g/mol. The Kier molecular flexibility index (Phi) is 2.37. The molecule has 1 spiro atoms. The quantitative estimate of drug-likeness (QED) is 0.737. The third kappa shape index (κ3) is 1.41. The second-order valence-corrected chi connectivity index (χ2v) is 6.27. The van der Waals surface area contributed by atoms with Crippen molar-refractivity contribution in [2.45, 2.75) is 38.5 Å². The summed E-state index contributed by atoms with van der Waals surface area (Å²) in [4.78, 5) is 11.0. The maximum Gasteiger partial charge on any atom is 0.303 e. The monoisotopic (exact) mass is 235 g/mol. The van der Waals surface area contributed by atoms with Crippen molar-refractivity contribution >= 4 is 5.97 Å². The minimum atomic E-state index is -0.699. The zero-order valence-electron chi connectivity index (χ0n) is 10.2. The number of fused-ring (bicyclic) bond motifs is 2. The zero-order valence-corrected chi connectivity index (χ0v) is 10.2. The molecule has 3 N–H and O–H groups in total. The topological polar surface area (TPSA) is 63.3 Å². The predicted molar refractivity (Wildman–Crippen MR) is 65.4 cm³/mol. The lowest BCUT2D eigenvalue weighted by Gasteiger charge is -2.55. The molecule has 2 saturated carbocycles. The molecular weight excluding hydrogens is 214 g/mol. The summed E-state index contributed by atoms with van der Waals surface area (Å²) in [6.07, 6.45) is 11.2. The fourth-order valence-corrected chi connectivity index (χ4v) is 4.64. The third-order valence-electron chi connectivity index (χ3n) is 5.59. The first-order chi connectivity index (χ1) is 8.12. The molecule has 3 aliphatic rings. The van der Waals surface area contributed by atoms with Crippen LogP contribution in [0.25, 0.3) is 0 Å². The van der Waals surface area contributed by atoms with Gasteiger partial charge >= 0.3 is 5.97 Å². The molecule has 0 aromatic rings. The van der Waals surface area contributed by atoms with E-state index in [1.807, 2.05) is 0 Å². The van der Waals surface area contributed by atoms with Crippen LogP contribution in [0.1, 0.15) is 38.5 Å². The van der Waals surface area contributed by atoms with Gasteiger partial charge in [0.15, 0.2) is 0 Å². The Balaban J connectivity index is 1.79. The number of carboxylic acids is 1. The fourth-order valence-electron chi connectivity index (χ4n) is 4.64. The van der Waals surface area contributed by atoms with Gasteiger partial charge in [0.25, 0.3) is 0 Å². The second-order valence-electron chi connectivity index (χ2n) is 6.27. The third-order valence-corrected chi connectivity index (χ3v) is 5.59. The van der Waals surface area contributed by atoms with Crippen LogP contribution in [0.15, 0.2) is 12.2 Å². The molecule has 0 amide bonds. The number of nitrogens with two attached hydrogens (primary N) is 1. The lowest BCUT2D eigenvalue weighted by Crippen LogP contribution is -2.54. The van der Waals surface area contributed by atoms with E-state index in [-0.39, 0.29) is 11.8 Å². The van der Waals surface area contributed by atoms with Gasteiger partial charge in [-0.05, 0) is 48.5 Å². The molecule has 3 nitrogen and oxygen atoms in total. The molecule has 0 aliphatic heterocycles. The molecule has 0 saturated heterocycles. The molecule has 17 heavy (non-hydrogen) atoms. The van der Waals surface area contributed by atoms with Crippen LogP contribution in [-0.2, 0) is 4.79 Å². The van der Waals surface area contributed by atoms with Crippen molar-refractivity contribution in [3.63, 3.8) is 0 Å². The van der Waals surface area contributed by atoms with Gasteiger partial charge in [-0.2, -0.15) is 0 Å². The molecule has 0 aromatic carbocycles. The van der Waals surface area contributed by atoms with Crippen molar-refractivity contribution in [1.82, 2.24) is 0 Å². The maximum atomic E-state index is 11.0. The minimum Gasteiger partial charge on any atom is -0.481 e. The first kappa shape index (κ1) is 11.3. The molecular formula is C14H21NO2. The number of carbonyl (C=O) groups is 1. The van der Waals surface area contributed by atoms with Crippen LogP contribution >= 0.6 is 0 Å². The van der Waals surface area contributed by atoms with Gasteiger partial charge in [-0.3, -0.25) is 4.79 Å². The van der Waals surface area contributed by atoms with Crippen molar-refractivity contribution < 1.29 is 9.90 Å². The lowest BCUT2D eigenvalue weighted by molar-refractivity contribution is -0.146. The summed E-state index contributed by atoms with van der Waals surface area (Å²) in [7, 11) is 0. The Morgan fingerprint density at radius 2 is 2.12 bits per heavy atom. The molecule has 0 radical (unpaired) electrons. The van der Waals surface area contributed by atoms with E-state index in [0.717, 1.165) is 6.42 Å². The summed E-state index contributed by atoms with van der Waals surface area (Å²) >= 11 is 0. The molecule has 0 unspecified atom stereocenters. The first-order valence-corrected chi connectivity index (χ1v) is 6.73. The minimum absolute atomic E-state index is 0.140. The smallest absolute Gasteiger partial charge is 0.303 e. The van der Waals surface area contributed by atoms with E-state index >= 15 is 0 Å². The molecule has 3 aliphatic carbocycles. The number of aliphatic carboxylic acids is 1. The van der Waals surface area contributed by atoms with Crippen LogP contribution in [0.3, 0.4) is 0 Å². The van der Waals surface area contributed by atoms with Gasteiger partial charge in [0.2, 0.25) is 0 Å². The Morgan fingerprint density at radius 3 is 2.71 bits per heavy atom. The highest BCUT2D eigenvalue weighted by molar-refractivity contribution is 5.68. The van der Waals surface area contributed by atoms with Gasteiger partial charge in [0.1, 0.15) is 0 Å². The fraction of sp³-hybridized carbons (Fsp3) is 0.786. The van der Waals surface area contributed by atoms with Crippen molar-refractivity contribution in [2.24, 2.45) is 28.4 Å². The van der Waals surface area contributed by atoms with E-state index in [4.69, 9.17) is 10.8 Å². The number of allylic oxidation sites excluding steroid dienone is 2. The highest BCUT2D eigenvalue weighted by atomic mass is 16.4. The zero-order chi connectivity index (χ0) is 12.1. The number of rotatable bonds is 3. The number of carboxylic acid groups (broad SMARTS) is 1. The highest BCUT2D eigenvalue weighted by Crippen LogP contribution is 2.67. The van der Waals surface area contributed by atoms with Crippen molar-refractivity contribution in [3.8, 4) is 0 Å². The van der Waals surface area contributed by atoms with Gasteiger partial charge < -0.3 is 10.8 Å². The summed E-state index contributed by atoms with van der Waals surface area (Å²) < 4.78 is 0. The predicted octanol–water partition coefficient (Wildman–Crippen LogP) is 2.17. The van der Waals surface area contributed by atoms with Crippen LogP contribution in [0.4, 0.5) is 0 Å². The van der Waals surface area contributed by atoms with Gasteiger partial charge in [0.05, 0.1) is 6.42 Å². The van der Waals surface area contributed by atoms with Gasteiger partial charge in [-0.15, -0.1) is 0 Å². The van der Waals surface area contributed by atoms with Gasteiger partial charge in [-0.1, -0.05) is 25.0 Å². The highest BCUT2D eigenvalue weighted by Gasteiger charge is 2.61. The molecule has 0 heterocycles. The van der Waals surface area contributed by atoms with E-state index in [1.54, 1.807) is 0 Å². The average Bonchev–Trinajstić information content (AvgIpc) is 2.83. The molecule has 94 valence electrons. The number of hydrogen-bond acceptors (Lipinski definition) is 2. The molecule has 0 aromatic heterocycles. The van der Waals surface area contributed by atoms with Crippen molar-refractivity contribution in [1.29, 1.82) is 0 Å². The SMILES string of the molecule is NC[C@@]1(CC(=O)O)C[C@H]2[C@H]1C=CC21CCCC1. The van der Waals surface area contributed by atoms with E-state index in [0.29, 0.717) is 23.8 Å². The van der Waals surface area contributed by atoms with Gasteiger partial charge in [-0.25, -0.2) is 0 Å². The molecule has 3 rings (SSSR count). The first-order valence-electron chi connectivity index (χ1n) is 6.73. The standard InChI is InChI=1S/C14H21NO2/c15-9-14(8-12(16)17)7-11-10(14)3-6-13(11)4-1-2-5-13/h3,6,10-11H,1-2,4-5,7-9,15H2,(H,16,17)/t10-,11+,14+/m1/s1. The van der Waals surface area contributed by atoms with E-state index in [9.17, 15) is 4.79 Å². The number of hydrogen-bond donors (Lipinski definition) is 2. The largest absolute Gasteiger partial charge is 0.481 e. The summed E-state index contributed by atoms with van der Waals surface area (Å²) in [6, 6.07) is 0. The Bertz CT molecular complexity index is 370. The van der Waals surface area contributed by atoms with E-state index in [1.165, 1.54) is 25.7 Å². The lowest BCUT2D eigenvalue weighted by atomic mass is 9.48. The summed E-state index contributed by atoms with van der Waals surface area (Å²) in [5, 5.41) is 9.04. The molecule has 0 bridgehead atoms. The van der Waals surface area contributed by atoms with Crippen molar-refractivity contribution in [3.05, 3.63) is 12.2 Å². The maximum absolute atomic E-state index is 11.0. The second kappa shape index (κ2) is 3.58. The van der Waals surface area contributed by atoms with E-state index < -0.39 is 5.97 Å². The Hall–Kier alpha value is -0.830. The Labute approximate surface area is 102 Å².